The quantitative estimate of drug-likeness (QED) is 0.760. The summed E-state index contributed by atoms with van der Waals surface area (Å²) < 4.78 is 0. The van der Waals surface area contributed by atoms with E-state index in [0.29, 0.717) is 11.5 Å². The molecule has 0 bridgehead atoms. The van der Waals surface area contributed by atoms with Crippen molar-refractivity contribution in [3.8, 4) is 0 Å². The van der Waals surface area contributed by atoms with Crippen molar-refractivity contribution in [3.05, 3.63) is 0 Å². The van der Waals surface area contributed by atoms with E-state index in [9.17, 15) is 0 Å². The van der Waals surface area contributed by atoms with Crippen molar-refractivity contribution in [1.29, 1.82) is 0 Å². The van der Waals surface area contributed by atoms with Crippen molar-refractivity contribution >= 4 is 0 Å². The van der Waals surface area contributed by atoms with Crippen LogP contribution >= 0.6 is 0 Å². The van der Waals surface area contributed by atoms with Gasteiger partial charge in [0.05, 0.1) is 0 Å². The van der Waals surface area contributed by atoms with Gasteiger partial charge in [0, 0.05) is 6.04 Å². The highest BCUT2D eigenvalue weighted by molar-refractivity contribution is 4.87. The Morgan fingerprint density at radius 3 is 2.31 bits per heavy atom. The summed E-state index contributed by atoms with van der Waals surface area (Å²) in [6.45, 7) is 12.1. The second kappa shape index (κ2) is 5.53. The third-order valence-corrected chi connectivity index (χ3v) is 5.03. The van der Waals surface area contributed by atoms with Gasteiger partial charge < -0.3 is 5.32 Å². The molecule has 0 aliphatic heterocycles. The lowest BCUT2D eigenvalue weighted by Crippen LogP contribution is -2.36. The fourth-order valence-corrected chi connectivity index (χ4v) is 3.32. The summed E-state index contributed by atoms with van der Waals surface area (Å²) in [5.74, 6) is 2.78. The van der Waals surface area contributed by atoms with E-state index in [1.807, 2.05) is 0 Å². The van der Waals surface area contributed by atoms with Crippen LogP contribution < -0.4 is 5.32 Å². The van der Waals surface area contributed by atoms with Crippen LogP contribution in [0.25, 0.3) is 0 Å². The average Bonchev–Trinajstić information content (AvgIpc) is 2.21. The number of hydrogen-bond acceptors (Lipinski definition) is 1. The molecule has 0 amide bonds. The van der Waals surface area contributed by atoms with Gasteiger partial charge in [-0.15, -0.1) is 0 Å². The predicted molar refractivity (Wildman–Crippen MR) is 72.6 cm³/mol. The molecule has 0 aromatic rings. The molecule has 96 valence electrons. The second-order valence-corrected chi connectivity index (χ2v) is 6.85. The van der Waals surface area contributed by atoms with Crippen molar-refractivity contribution in [2.75, 3.05) is 7.05 Å². The molecular weight excluding hydrogens is 194 g/mol. The maximum atomic E-state index is 3.38. The normalized spacial score (nSPS) is 33.8. The van der Waals surface area contributed by atoms with Crippen LogP contribution in [0.1, 0.15) is 60.3 Å². The van der Waals surface area contributed by atoms with E-state index in [-0.39, 0.29) is 0 Å². The van der Waals surface area contributed by atoms with Crippen molar-refractivity contribution in [3.63, 3.8) is 0 Å². The van der Waals surface area contributed by atoms with Crippen LogP contribution in [0.4, 0.5) is 0 Å². The first-order valence-corrected chi connectivity index (χ1v) is 7.04. The minimum Gasteiger partial charge on any atom is -0.317 e. The van der Waals surface area contributed by atoms with E-state index < -0.39 is 0 Å². The molecule has 0 saturated heterocycles. The molecule has 0 spiro atoms. The summed E-state index contributed by atoms with van der Waals surface area (Å²) in [6.07, 6.45) is 5.61. The zero-order chi connectivity index (χ0) is 12.3. The zero-order valence-electron chi connectivity index (χ0n) is 12.1. The van der Waals surface area contributed by atoms with E-state index in [0.717, 1.165) is 17.8 Å². The molecule has 1 N–H and O–H groups in total. The highest BCUT2D eigenvalue weighted by Gasteiger charge is 2.35. The smallest absolute Gasteiger partial charge is 0.00409 e. The zero-order valence-corrected chi connectivity index (χ0v) is 12.1. The Morgan fingerprint density at radius 2 is 1.81 bits per heavy atom. The fourth-order valence-electron chi connectivity index (χ4n) is 3.32. The summed E-state index contributed by atoms with van der Waals surface area (Å²) in [6, 6.07) is 0.643. The Bertz CT molecular complexity index is 209. The minimum atomic E-state index is 0.497. The van der Waals surface area contributed by atoms with Gasteiger partial charge in [0.2, 0.25) is 0 Å². The highest BCUT2D eigenvalue weighted by atomic mass is 14.9. The van der Waals surface area contributed by atoms with Crippen molar-refractivity contribution in [2.24, 2.45) is 23.2 Å². The van der Waals surface area contributed by atoms with E-state index in [1.54, 1.807) is 0 Å². The Balaban J connectivity index is 2.55. The maximum absolute atomic E-state index is 3.38. The first-order valence-electron chi connectivity index (χ1n) is 7.04. The Hall–Kier alpha value is -0.0400. The van der Waals surface area contributed by atoms with Gasteiger partial charge in [0.1, 0.15) is 0 Å². The van der Waals surface area contributed by atoms with E-state index >= 15 is 0 Å². The number of hydrogen-bond donors (Lipinski definition) is 1. The number of rotatable bonds is 4. The van der Waals surface area contributed by atoms with Gasteiger partial charge in [-0.3, -0.25) is 0 Å². The molecule has 1 rings (SSSR count). The third-order valence-electron chi connectivity index (χ3n) is 5.03. The molecule has 4 atom stereocenters. The molecule has 1 aliphatic carbocycles. The molecule has 1 heteroatoms. The van der Waals surface area contributed by atoms with E-state index in [1.165, 1.54) is 25.7 Å². The molecule has 1 fully saturated rings. The van der Waals surface area contributed by atoms with Crippen LogP contribution in [0.2, 0.25) is 0 Å². The van der Waals surface area contributed by atoms with Crippen LogP contribution in [0, 0.1) is 23.2 Å². The topological polar surface area (TPSA) is 12.0 Å². The predicted octanol–water partition coefficient (Wildman–Crippen LogP) is 4.08. The van der Waals surface area contributed by atoms with Crippen molar-refractivity contribution in [2.45, 2.75) is 66.3 Å². The standard InChI is InChI=1S/C15H31N/c1-11-7-8-14(9-12(11)2)15(4,5)10-13(3)16-6/h11-14,16H,7-10H2,1-6H3. The van der Waals surface area contributed by atoms with E-state index in [4.69, 9.17) is 0 Å². The largest absolute Gasteiger partial charge is 0.317 e. The lowest BCUT2D eigenvalue weighted by Gasteiger charge is -2.42. The van der Waals surface area contributed by atoms with Crippen molar-refractivity contribution in [1.82, 2.24) is 5.32 Å². The summed E-state index contributed by atoms with van der Waals surface area (Å²) in [7, 11) is 2.08. The molecule has 1 aliphatic rings. The maximum Gasteiger partial charge on any atom is 0.00409 e. The van der Waals surface area contributed by atoms with Crippen molar-refractivity contribution < 1.29 is 0 Å². The molecular formula is C15H31N. The minimum absolute atomic E-state index is 0.497. The van der Waals surface area contributed by atoms with Gasteiger partial charge in [-0.25, -0.2) is 0 Å². The first-order chi connectivity index (χ1) is 7.36. The molecule has 1 saturated carbocycles. The SMILES string of the molecule is CNC(C)CC(C)(C)C1CCC(C)C(C)C1. The lowest BCUT2D eigenvalue weighted by molar-refractivity contribution is 0.0858. The molecule has 0 aromatic carbocycles. The summed E-state index contributed by atoms with van der Waals surface area (Å²) in [5, 5.41) is 3.38. The highest BCUT2D eigenvalue weighted by Crippen LogP contribution is 2.44. The summed E-state index contributed by atoms with van der Waals surface area (Å²) in [5.41, 5.74) is 0.497. The number of nitrogens with one attached hydrogen (secondary N) is 1. The second-order valence-electron chi connectivity index (χ2n) is 6.85. The molecule has 16 heavy (non-hydrogen) atoms. The van der Waals surface area contributed by atoms with Gasteiger partial charge in [-0.2, -0.15) is 0 Å². The van der Waals surface area contributed by atoms with Crippen LogP contribution in [-0.4, -0.2) is 13.1 Å². The van der Waals surface area contributed by atoms with Crippen LogP contribution in [0.15, 0.2) is 0 Å². The average molecular weight is 225 g/mol. The van der Waals surface area contributed by atoms with E-state index in [2.05, 4.69) is 47.0 Å². The van der Waals surface area contributed by atoms with Crippen LogP contribution in [0.5, 0.6) is 0 Å². The Kier molecular flexibility index (Phi) is 4.85. The molecule has 0 radical (unpaired) electrons. The van der Waals surface area contributed by atoms with Gasteiger partial charge in [-0.1, -0.05) is 34.1 Å². The fraction of sp³-hybridized carbons (Fsp3) is 1.00. The van der Waals surface area contributed by atoms with Gasteiger partial charge >= 0.3 is 0 Å². The van der Waals surface area contributed by atoms with Gasteiger partial charge in [0.25, 0.3) is 0 Å². The first kappa shape index (κ1) is 14.0. The molecule has 0 heterocycles. The summed E-state index contributed by atoms with van der Waals surface area (Å²) in [4.78, 5) is 0. The Morgan fingerprint density at radius 1 is 1.19 bits per heavy atom. The lowest BCUT2D eigenvalue weighted by atomic mass is 9.64. The van der Waals surface area contributed by atoms with Gasteiger partial charge in [-0.05, 0) is 56.4 Å². The molecule has 0 aromatic heterocycles. The van der Waals surface area contributed by atoms with Gasteiger partial charge in [0.15, 0.2) is 0 Å². The Labute approximate surface area is 102 Å². The monoisotopic (exact) mass is 225 g/mol. The summed E-state index contributed by atoms with van der Waals surface area (Å²) >= 11 is 0. The van der Waals surface area contributed by atoms with Crippen LogP contribution in [-0.2, 0) is 0 Å². The molecule has 4 unspecified atom stereocenters. The third kappa shape index (κ3) is 3.48. The molecule has 1 nitrogen and oxygen atoms in total. The van der Waals surface area contributed by atoms with Crippen LogP contribution in [0.3, 0.4) is 0 Å².